The lowest BCUT2D eigenvalue weighted by molar-refractivity contribution is 0.441. The fraction of sp³-hybridized carbons (Fsp3) is 0.769. The second-order valence-corrected chi connectivity index (χ2v) is 10.6. The first-order valence-corrected chi connectivity index (χ1v) is 11.9. The number of rotatable bonds is 14. The highest BCUT2D eigenvalue weighted by molar-refractivity contribution is 5.45. The van der Waals surface area contributed by atoms with Gasteiger partial charge in [-0.25, -0.2) is 0 Å². The summed E-state index contributed by atoms with van der Waals surface area (Å²) in [4.78, 5) is 0. The molecule has 2 aliphatic carbocycles. The van der Waals surface area contributed by atoms with Gasteiger partial charge in [-0.05, 0) is 92.2 Å². The first-order chi connectivity index (χ1) is 13.4. The third-order valence-electron chi connectivity index (χ3n) is 7.44. The molecule has 0 aliphatic heterocycles. The third-order valence-corrected chi connectivity index (χ3v) is 7.44. The van der Waals surface area contributed by atoms with Gasteiger partial charge in [0.2, 0.25) is 0 Å². The fourth-order valence-corrected chi connectivity index (χ4v) is 4.57. The second kappa shape index (κ2) is 9.55. The highest BCUT2D eigenvalue weighted by Crippen LogP contribution is 2.49. The number of aryl methyl sites for hydroxylation is 1. The van der Waals surface area contributed by atoms with Crippen LogP contribution < -0.4 is 0 Å². The van der Waals surface area contributed by atoms with Crippen LogP contribution in [0.2, 0.25) is 0 Å². The molecule has 2 heteroatoms. The standard InChI is InChI=1S/C26H42O2/c1-25(15-16-25)13-9-5-3-7-11-21-19-22(27)20-24(28)23(21)12-8-4-6-10-14-26(2)17-18-26/h19-20,27-28H,3-18H2,1-2H3. The van der Waals surface area contributed by atoms with E-state index in [0.717, 1.165) is 36.8 Å². The van der Waals surface area contributed by atoms with E-state index in [1.165, 1.54) is 83.1 Å². The highest BCUT2D eigenvalue weighted by atomic mass is 16.3. The number of phenols is 2. The van der Waals surface area contributed by atoms with Gasteiger partial charge in [0.25, 0.3) is 0 Å². The molecule has 1 aromatic rings. The molecule has 0 heterocycles. The summed E-state index contributed by atoms with van der Waals surface area (Å²) >= 11 is 0. The summed E-state index contributed by atoms with van der Waals surface area (Å²) in [6.45, 7) is 4.83. The summed E-state index contributed by atoms with van der Waals surface area (Å²) in [6.07, 6.45) is 20.5. The first kappa shape index (κ1) is 21.5. The Labute approximate surface area is 172 Å². The van der Waals surface area contributed by atoms with Crippen LogP contribution in [0.4, 0.5) is 0 Å². The van der Waals surface area contributed by atoms with Gasteiger partial charge < -0.3 is 10.2 Å². The summed E-state index contributed by atoms with van der Waals surface area (Å²) < 4.78 is 0. The average molecular weight is 387 g/mol. The van der Waals surface area contributed by atoms with E-state index in [4.69, 9.17) is 0 Å². The summed E-state index contributed by atoms with van der Waals surface area (Å²) in [5, 5.41) is 20.3. The lowest BCUT2D eigenvalue weighted by Crippen LogP contribution is -1.98. The molecule has 2 saturated carbocycles. The van der Waals surface area contributed by atoms with Crippen LogP contribution >= 0.6 is 0 Å². The van der Waals surface area contributed by atoms with E-state index in [1.807, 2.05) is 6.07 Å². The average Bonchev–Trinajstić information content (AvgIpc) is 3.55. The van der Waals surface area contributed by atoms with Gasteiger partial charge in [-0.2, -0.15) is 0 Å². The van der Waals surface area contributed by atoms with Crippen LogP contribution in [-0.2, 0) is 12.8 Å². The van der Waals surface area contributed by atoms with E-state index < -0.39 is 0 Å². The predicted molar refractivity (Wildman–Crippen MR) is 118 cm³/mol. The molecule has 1 aromatic carbocycles. The van der Waals surface area contributed by atoms with E-state index in [1.54, 1.807) is 0 Å². The molecule has 2 nitrogen and oxygen atoms in total. The van der Waals surface area contributed by atoms with Crippen LogP contribution in [0.3, 0.4) is 0 Å². The van der Waals surface area contributed by atoms with Crippen molar-refractivity contribution >= 4 is 0 Å². The Kier molecular flexibility index (Phi) is 7.34. The van der Waals surface area contributed by atoms with Crippen molar-refractivity contribution in [2.75, 3.05) is 0 Å². The van der Waals surface area contributed by atoms with Crippen molar-refractivity contribution < 1.29 is 10.2 Å². The van der Waals surface area contributed by atoms with Crippen LogP contribution in [0.15, 0.2) is 12.1 Å². The van der Waals surface area contributed by atoms with Crippen LogP contribution in [-0.4, -0.2) is 10.2 Å². The topological polar surface area (TPSA) is 40.5 Å². The molecule has 2 aliphatic rings. The maximum atomic E-state index is 10.4. The molecular formula is C26H42O2. The van der Waals surface area contributed by atoms with Crippen molar-refractivity contribution in [2.45, 2.75) is 117 Å². The van der Waals surface area contributed by atoms with Crippen molar-refractivity contribution in [1.82, 2.24) is 0 Å². The SMILES string of the molecule is CC1(CCCCCCc2cc(O)cc(O)c2CCCCCCC2(C)CC2)CC1. The molecule has 0 aromatic heterocycles. The summed E-state index contributed by atoms with van der Waals surface area (Å²) in [7, 11) is 0. The molecule has 0 radical (unpaired) electrons. The smallest absolute Gasteiger partial charge is 0.122 e. The van der Waals surface area contributed by atoms with Crippen molar-refractivity contribution in [2.24, 2.45) is 10.8 Å². The van der Waals surface area contributed by atoms with Gasteiger partial charge in [0.05, 0.1) is 0 Å². The van der Waals surface area contributed by atoms with Crippen molar-refractivity contribution in [3.05, 3.63) is 23.3 Å². The monoisotopic (exact) mass is 386 g/mol. The van der Waals surface area contributed by atoms with Gasteiger partial charge in [0.1, 0.15) is 11.5 Å². The lowest BCUT2D eigenvalue weighted by atomic mass is 9.94. The van der Waals surface area contributed by atoms with E-state index in [0.29, 0.717) is 16.6 Å². The van der Waals surface area contributed by atoms with Gasteiger partial charge in [0, 0.05) is 6.07 Å². The zero-order valence-corrected chi connectivity index (χ0v) is 18.4. The number of unbranched alkanes of at least 4 members (excludes halogenated alkanes) is 6. The molecule has 0 saturated heterocycles. The Balaban J connectivity index is 1.36. The van der Waals surface area contributed by atoms with E-state index >= 15 is 0 Å². The number of phenolic OH excluding ortho intramolecular Hbond substituents is 2. The Morgan fingerprint density at radius 1 is 0.679 bits per heavy atom. The van der Waals surface area contributed by atoms with Gasteiger partial charge in [-0.1, -0.05) is 52.4 Å². The Bertz CT molecular complexity index is 626. The van der Waals surface area contributed by atoms with Crippen molar-refractivity contribution in [3.8, 4) is 11.5 Å². The van der Waals surface area contributed by atoms with Gasteiger partial charge in [0.15, 0.2) is 0 Å². The second-order valence-electron chi connectivity index (χ2n) is 10.6. The zero-order valence-electron chi connectivity index (χ0n) is 18.4. The van der Waals surface area contributed by atoms with E-state index in [9.17, 15) is 10.2 Å². The van der Waals surface area contributed by atoms with Crippen LogP contribution in [0, 0.1) is 10.8 Å². The lowest BCUT2D eigenvalue weighted by Gasteiger charge is -2.13. The molecule has 0 bridgehead atoms. The molecule has 0 amide bonds. The maximum absolute atomic E-state index is 10.4. The number of hydrogen-bond acceptors (Lipinski definition) is 2. The van der Waals surface area contributed by atoms with Crippen LogP contribution in [0.25, 0.3) is 0 Å². The van der Waals surface area contributed by atoms with Crippen LogP contribution in [0.1, 0.15) is 115 Å². The summed E-state index contributed by atoms with van der Waals surface area (Å²) in [6, 6.07) is 3.40. The van der Waals surface area contributed by atoms with Gasteiger partial charge in [-0.3, -0.25) is 0 Å². The Morgan fingerprint density at radius 3 is 1.71 bits per heavy atom. The molecule has 28 heavy (non-hydrogen) atoms. The molecule has 0 unspecified atom stereocenters. The molecule has 0 atom stereocenters. The first-order valence-electron chi connectivity index (χ1n) is 11.9. The van der Waals surface area contributed by atoms with Gasteiger partial charge in [-0.15, -0.1) is 0 Å². The van der Waals surface area contributed by atoms with Gasteiger partial charge >= 0.3 is 0 Å². The molecule has 3 rings (SSSR count). The minimum Gasteiger partial charge on any atom is -0.508 e. The fourth-order valence-electron chi connectivity index (χ4n) is 4.57. The Hall–Kier alpha value is -1.18. The zero-order chi connectivity index (χ0) is 20.0. The molecular weight excluding hydrogens is 344 g/mol. The number of hydrogen-bond donors (Lipinski definition) is 2. The summed E-state index contributed by atoms with van der Waals surface area (Å²) in [5.74, 6) is 0.498. The predicted octanol–water partition coefficient (Wildman–Crippen LogP) is 7.68. The largest absolute Gasteiger partial charge is 0.508 e. The quantitative estimate of drug-likeness (QED) is 0.322. The normalized spacial score (nSPS) is 18.9. The Morgan fingerprint density at radius 2 is 1.18 bits per heavy atom. The van der Waals surface area contributed by atoms with Crippen molar-refractivity contribution in [3.63, 3.8) is 0 Å². The van der Waals surface area contributed by atoms with Crippen molar-refractivity contribution in [1.29, 1.82) is 0 Å². The number of benzene rings is 1. The highest BCUT2D eigenvalue weighted by Gasteiger charge is 2.36. The molecule has 0 spiro atoms. The minimum absolute atomic E-state index is 0.204. The molecule has 2 fully saturated rings. The third kappa shape index (κ3) is 7.01. The summed E-state index contributed by atoms with van der Waals surface area (Å²) in [5.41, 5.74) is 3.61. The van der Waals surface area contributed by atoms with Crippen LogP contribution in [0.5, 0.6) is 11.5 Å². The maximum Gasteiger partial charge on any atom is 0.122 e. The van der Waals surface area contributed by atoms with E-state index in [-0.39, 0.29) is 5.75 Å². The number of aromatic hydroxyl groups is 2. The molecule has 2 N–H and O–H groups in total. The van der Waals surface area contributed by atoms with E-state index in [2.05, 4.69) is 13.8 Å². The molecule has 158 valence electrons. The minimum atomic E-state index is 0.204.